The number of aliphatic hydroxyl groups is 1. The van der Waals surface area contributed by atoms with E-state index in [4.69, 9.17) is 0 Å². The van der Waals surface area contributed by atoms with E-state index in [2.05, 4.69) is 33.1 Å². The number of β-amino-alcohol motifs (C(OH)–C–C–N with tert-alkyl or cyclic N) is 1. The Bertz CT molecular complexity index is 626. The molecule has 1 aliphatic heterocycles. The molecule has 1 atom stereocenters. The van der Waals surface area contributed by atoms with Crippen molar-refractivity contribution in [1.29, 1.82) is 0 Å². The fourth-order valence-corrected chi connectivity index (χ4v) is 2.91. The number of anilines is 1. The number of pyridine rings is 1. The van der Waals surface area contributed by atoms with Gasteiger partial charge in [0, 0.05) is 32.8 Å². The van der Waals surface area contributed by atoms with Crippen LogP contribution in [0.3, 0.4) is 0 Å². The van der Waals surface area contributed by atoms with Gasteiger partial charge in [-0.1, -0.05) is 0 Å². The van der Waals surface area contributed by atoms with Crippen molar-refractivity contribution in [3.8, 4) is 0 Å². The van der Waals surface area contributed by atoms with E-state index in [9.17, 15) is 5.11 Å². The quantitative estimate of drug-likeness (QED) is 0.915. The molecule has 1 saturated heterocycles. The molecular weight excluding hydrogens is 266 g/mol. The molecule has 0 spiro atoms. The summed E-state index contributed by atoms with van der Waals surface area (Å²) in [6.07, 6.45) is 5.74. The van der Waals surface area contributed by atoms with Crippen LogP contribution in [0.1, 0.15) is 24.2 Å². The molecule has 1 N–H and O–H groups in total. The summed E-state index contributed by atoms with van der Waals surface area (Å²) in [6, 6.07) is 4.05. The number of hydrogen-bond donors (Lipinski definition) is 1. The molecule has 0 radical (unpaired) electrons. The molecule has 2 aromatic rings. The molecule has 3 heterocycles. The highest BCUT2D eigenvalue weighted by atomic mass is 16.3. The highest BCUT2D eigenvalue weighted by Crippen LogP contribution is 2.27. The van der Waals surface area contributed by atoms with E-state index >= 15 is 0 Å². The van der Waals surface area contributed by atoms with Gasteiger partial charge in [-0.15, -0.1) is 10.2 Å². The zero-order chi connectivity index (χ0) is 14.9. The Morgan fingerprint density at radius 1 is 1.43 bits per heavy atom. The summed E-state index contributed by atoms with van der Waals surface area (Å²) in [5, 5.41) is 18.9. The molecule has 0 aromatic carbocycles. The van der Waals surface area contributed by atoms with Gasteiger partial charge in [-0.25, -0.2) is 4.98 Å². The second-order valence-corrected chi connectivity index (χ2v) is 5.98. The van der Waals surface area contributed by atoms with Crippen LogP contribution in [0, 0.1) is 6.92 Å². The predicted molar refractivity (Wildman–Crippen MR) is 80.1 cm³/mol. The molecule has 1 fully saturated rings. The summed E-state index contributed by atoms with van der Waals surface area (Å²) < 4.78 is 1.86. The molecule has 0 amide bonds. The number of piperidine rings is 1. The number of aryl methyl sites for hydroxylation is 2. The Labute approximate surface area is 124 Å². The Morgan fingerprint density at radius 3 is 3.00 bits per heavy atom. The van der Waals surface area contributed by atoms with Gasteiger partial charge in [0.1, 0.15) is 18.0 Å². The molecule has 6 nitrogen and oxygen atoms in total. The second-order valence-electron chi connectivity index (χ2n) is 5.98. The number of hydrogen-bond acceptors (Lipinski definition) is 5. The largest absolute Gasteiger partial charge is 0.388 e. The predicted octanol–water partition coefficient (Wildman–Crippen LogP) is 1.09. The molecule has 112 valence electrons. The van der Waals surface area contributed by atoms with Crippen LogP contribution in [0.4, 0.5) is 5.82 Å². The Kier molecular flexibility index (Phi) is 3.63. The first-order valence-corrected chi connectivity index (χ1v) is 7.29. The van der Waals surface area contributed by atoms with Gasteiger partial charge in [-0.3, -0.25) is 0 Å². The summed E-state index contributed by atoms with van der Waals surface area (Å²) >= 11 is 0. The van der Waals surface area contributed by atoms with Gasteiger partial charge in [0.05, 0.1) is 5.60 Å². The first kappa shape index (κ1) is 14.0. The second kappa shape index (κ2) is 5.44. The minimum Gasteiger partial charge on any atom is -0.388 e. The van der Waals surface area contributed by atoms with Gasteiger partial charge in [-0.05, 0) is 37.5 Å². The zero-order valence-corrected chi connectivity index (χ0v) is 12.5. The Balaban J connectivity index is 1.77. The third-order valence-electron chi connectivity index (χ3n) is 4.07. The zero-order valence-electron chi connectivity index (χ0n) is 12.5. The van der Waals surface area contributed by atoms with Crippen LogP contribution in [-0.4, -0.2) is 43.5 Å². The van der Waals surface area contributed by atoms with Crippen LogP contribution in [0.15, 0.2) is 24.7 Å². The minimum atomic E-state index is -0.773. The summed E-state index contributed by atoms with van der Waals surface area (Å²) in [7, 11) is 1.90. The van der Waals surface area contributed by atoms with Gasteiger partial charge in [0.2, 0.25) is 0 Å². The molecule has 21 heavy (non-hydrogen) atoms. The standard InChI is InChI=1S/C15H21N5O/c1-12-4-6-16-13(8-12)20-7-3-5-15(21,10-20)9-14-18-17-11-19(14)2/h4,6,8,11,21H,3,5,7,9-10H2,1-2H3. The smallest absolute Gasteiger partial charge is 0.135 e. The van der Waals surface area contributed by atoms with Crippen molar-refractivity contribution in [1.82, 2.24) is 19.7 Å². The van der Waals surface area contributed by atoms with E-state index in [1.54, 1.807) is 6.33 Å². The SMILES string of the molecule is Cc1ccnc(N2CCCC(O)(Cc3nncn3C)C2)c1. The molecule has 0 saturated carbocycles. The highest BCUT2D eigenvalue weighted by molar-refractivity contribution is 5.41. The van der Waals surface area contributed by atoms with Gasteiger partial charge in [-0.2, -0.15) is 0 Å². The lowest BCUT2D eigenvalue weighted by Gasteiger charge is -2.39. The number of nitrogens with zero attached hydrogens (tertiary/aromatic N) is 5. The maximum absolute atomic E-state index is 10.9. The Hall–Kier alpha value is -1.95. The summed E-state index contributed by atoms with van der Waals surface area (Å²) in [5.74, 6) is 1.75. The van der Waals surface area contributed by atoms with E-state index in [-0.39, 0.29) is 0 Å². The molecule has 1 unspecified atom stereocenters. The van der Waals surface area contributed by atoms with Crippen LogP contribution < -0.4 is 4.90 Å². The van der Waals surface area contributed by atoms with Crippen molar-refractivity contribution in [2.75, 3.05) is 18.0 Å². The van der Waals surface area contributed by atoms with Crippen molar-refractivity contribution in [3.63, 3.8) is 0 Å². The van der Waals surface area contributed by atoms with E-state index in [0.717, 1.165) is 31.0 Å². The normalized spacial score (nSPS) is 22.5. The number of rotatable bonds is 3. The minimum absolute atomic E-state index is 0.520. The Morgan fingerprint density at radius 2 is 2.29 bits per heavy atom. The summed E-state index contributed by atoms with van der Waals surface area (Å²) in [4.78, 5) is 6.58. The van der Waals surface area contributed by atoms with Crippen molar-refractivity contribution in [2.45, 2.75) is 31.8 Å². The van der Waals surface area contributed by atoms with Crippen LogP contribution >= 0.6 is 0 Å². The van der Waals surface area contributed by atoms with Crippen LogP contribution in [0.25, 0.3) is 0 Å². The molecular formula is C15H21N5O. The average molecular weight is 287 g/mol. The summed E-state index contributed by atoms with van der Waals surface area (Å²) in [5.41, 5.74) is 0.409. The fourth-order valence-electron chi connectivity index (χ4n) is 2.91. The van der Waals surface area contributed by atoms with E-state index in [0.29, 0.717) is 13.0 Å². The van der Waals surface area contributed by atoms with Crippen LogP contribution in [0.2, 0.25) is 0 Å². The van der Waals surface area contributed by atoms with Crippen molar-refractivity contribution >= 4 is 5.82 Å². The maximum Gasteiger partial charge on any atom is 0.135 e. The third-order valence-corrected chi connectivity index (χ3v) is 4.07. The van der Waals surface area contributed by atoms with Crippen molar-refractivity contribution < 1.29 is 5.11 Å². The van der Waals surface area contributed by atoms with Crippen molar-refractivity contribution in [3.05, 3.63) is 36.0 Å². The van der Waals surface area contributed by atoms with E-state index in [1.807, 2.05) is 23.9 Å². The molecule has 1 aliphatic rings. The first-order valence-electron chi connectivity index (χ1n) is 7.29. The van der Waals surface area contributed by atoms with Crippen LogP contribution in [0.5, 0.6) is 0 Å². The molecule has 0 aliphatic carbocycles. The highest BCUT2D eigenvalue weighted by Gasteiger charge is 2.35. The number of aromatic nitrogens is 4. The average Bonchev–Trinajstić information content (AvgIpc) is 2.84. The molecule has 2 aromatic heterocycles. The lowest BCUT2D eigenvalue weighted by molar-refractivity contribution is 0.0236. The van der Waals surface area contributed by atoms with E-state index in [1.165, 1.54) is 5.56 Å². The monoisotopic (exact) mass is 287 g/mol. The lowest BCUT2D eigenvalue weighted by atomic mass is 9.89. The van der Waals surface area contributed by atoms with Gasteiger partial charge < -0.3 is 14.6 Å². The molecule has 0 bridgehead atoms. The van der Waals surface area contributed by atoms with Gasteiger partial charge in [0.15, 0.2) is 0 Å². The lowest BCUT2D eigenvalue weighted by Crippen LogP contribution is -2.50. The van der Waals surface area contributed by atoms with Crippen molar-refractivity contribution in [2.24, 2.45) is 7.05 Å². The third kappa shape index (κ3) is 3.05. The van der Waals surface area contributed by atoms with Crippen LogP contribution in [-0.2, 0) is 13.5 Å². The maximum atomic E-state index is 10.9. The molecule has 6 heteroatoms. The molecule has 3 rings (SSSR count). The first-order chi connectivity index (χ1) is 10.1. The van der Waals surface area contributed by atoms with E-state index < -0.39 is 5.60 Å². The van der Waals surface area contributed by atoms with Gasteiger partial charge >= 0.3 is 0 Å². The fraction of sp³-hybridized carbons (Fsp3) is 0.533. The van der Waals surface area contributed by atoms with Gasteiger partial charge in [0.25, 0.3) is 0 Å². The summed E-state index contributed by atoms with van der Waals surface area (Å²) in [6.45, 7) is 3.56. The topological polar surface area (TPSA) is 67.1 Å².